The summed E-state index contributed by atoms with van der Waals surface area (Å²) in [7, 11) is 0. The van der Waals surface area contributed by atoms with Crippen molar-refractivity contribution in [1.82, 2.24) is 10.2 Å². The van der Waals surface area contributed by atoms with E-state index in [0.29, 0.717) is 5.56 Å². The normalized spacial score (nSPS) is 12.7. The van der Waals surface area contributed by atoms with Crippen molar-refractivity contribution in [1.29, 1.82) is 0 Å². The predicted molar refractivity (Wildman–Crippen MR) is 106 cm³/mol. The Morgan fingerprint density at radius 1 is 1.07 bits per heavy atom. The minimum atomic E-state index is -0.786. The second kappa shape index (κ2) is 10.5. The summed E-state index contributed by atoms with van der Waals surface area (Å²) in [6.45, 7) is 5.09. The van der Waals surface area contributed by atoms with Crippen LogP contribution in [0, 0.1) is 11.6 Å². The molecule has 1 N–H and O–H groups in total. The fraction of sp³-hybridized carbons (Fsp3) is 0.364. The molecule has 0 heterocycles. The third kappa shape index (κ3) is 6.55. The summed E-state index contributed by atoms with van der Waals surface area (Å²) in [6, 6.07) is 10.6. The molecule has 0 aromatic heterocycles. The number of carbonyl (C=O) groups excluding carboxylic acids is 2. The summed E-state index contributed by atoms with van der Waals surface area (Å²) in [5, 5.41) is 2.85. The highest BCUT2D eigenvalue weighted by molar-refractivity contribution is 5.88. The molecule has 0 spiro atoms. The maximum Gasteiger partial charge on any atom is 0.261 e. The van der Waals surface area contributed by atoms with E-state index in [1.54, 1.807) is 25.1 Å². The summed E-state index contributed by atoms with van der Waals surface area (Å²) in [5.74, 6) is -1.80. The minimum absolute atomic E-state index is 0.0395. The van der Waals surface area contributed by atoms with Gasteiger partial charge in [-0.1, -0.05) is 31.2 Å². The van der Waals surface area contributed by atoms with Crippen molar-refractivity contribution in [3.63, 3.8) is 0 Å². The zero-order chi connectivity index (χ0) is 21.4. The first kappa shape index (κ1) is 22.3. The third-order valence-electron chi connectivity index (χ3n) is 4.62. The van der Waals surface area contributed by atoms with Gasteiger partial charge in [0.05, 0.1) is 0 Å². The molecule has 7 heteroatoms. The van der Waals surface area contributed by atoms with Crippen LogP contribution in [0.3, 0.4) is 0 Å². The maximum atomic E-state index is 13.7. The van der Waals surface area contributed by atoms with E-state index in [1.807, 2.05) is 13.8 Å². The lowest BCUT2D eigenvalue weighted by molar-refractivity contribution is -0.142. The Bertz CT molecular complexity index is 827. The Balaban J connectivity index is 2.15. The first-order valence-corrected chi connectivity index (χ1v) is 9.53. The fourth-order valence-corrected chi connectivity index (χ4v) is 2.62. The molecule has 0 radical (unpaired) electrons. The molecule has 29 heavy (non-hydrogen) atoms. The first-order chi connectivity index (χ1) is 13.8. The van der Waals surface area contributed by atoms with Gasteiger partial charge < -0.3 is 15.0 Å². The topological polar surface area (TPSA) is 58.6 Å². The van der Waals surface area contributed by atoms with Crippen LogP contribution in [-0.2, 0) is 16.1 Å². The Morgan fingerprint density at radius 2 is 1.72 bits per heavy atom. The molecule has 0 saturated carbocycles. The van der Waals surface area contributed by atoms with Crippen LogP contribution < -0.4 is 10.1 Å². The van der Waals surface area contributed by atoms with Crippen LogP contribution in [-0.4, -0.2) is 35.4 Å². The van der Waals surface area contributed by atoms with Crippen molar-refractivity contribution in [2.45, 2.75) is 45.8 Å². The van der Waals surface area contributed by atoms with Crippen LogP contribution >= 0.6 is 0 Å². The minimum Gasteiger partial charge on any atom is -0.481 e. The van der Waals surface area contributed by atoms with E-state index in [9.17, 15) is 18.4 Å². The first-order valence-electron chi connectivity index (χ1n) is 9.53. The molecule has 2 atom stereocenters. The highest BCUT2D eigenvalue weighted by Gasteiger charge is 2.27. The van der Waals surface area contributed by atoms with Crippen molar-refractivity contribution >= 4 is 11.8 Å². The number of para-hydroxylation sites is 1. The number of ether oxygens (including phenoxy) is 1. The van der Waals surface area contributed by atoms with Crippen molar-refractivity contribution in [3.8, 4) is 5.75 Å². The van der Waals surface area contributed by atoms with Crippen LogP contribution in [0.1, 0.15) is 32.8 Å². The number of halogens is 2. The van der Waals surface area contributed by atoms with Crippen molar-refractivity contribution in [3.05, 3.63) is 65.7 Å². The van der Waals surface area contributed by atoms with Crippen molar-refractivity contribution < 1.29 is 23.1 Å². The number of rotatable bonds is 9. The highest BCUT2D eigenvalue weighted by atomic mass is 19.1. The third-order valence-corrected chi connectivity index (χ3v) is 4.62. The number of carbonyl (C=O) groups is 2. The maximum absolute atomic E-state index is 13.7. The summed E-state index contributed by atoms with van der Waals surface area (Å²) >= 11 is 0. The molecule has 2 amide bonds. The zero-order valence-corrected chi connectivity index (χ0v) is 16.8. The summed E-state index contributed by atoms with van der Waals surface area (Å²) in [4.78, 5) is 26.7. The number of benzene rings is 2. The molecule has 2 aromatic carbocycles. The van der Waals surface area contributed by atoms with Gasteiger partial charge in [-0.2, -0.15) is 0 Å². The number of nitrogens with one attached hydrogen (secondary N) is 1. The van der Waals surface area contributed by atoms with Gasteiger partial charge in [-0.05, 0) is 50.1 Å². The van der Waals surface area contributed by atoms with Crippen LogP contribution in [0.25, 0.3) is 0 Å². The molecular weight excluding hydrogens is 378 g/mol. The van der Waals surface area contributed by atoms with Gasteiger partial charge in [0, 0.05) is 12.6 Å². The molecule has 2 aromatic rings. The van der Waals surface area contributed by atoms with Crippen LogP contribution in [0.15, 0.2) is 48.5 Å². The molecule has 0 bridgehead atoms. The number of nitrogens with zero attached hydrogens (tertiary/aromatic N) is 1. The lowest BCUT2D eigenvalue weighted by atomic mass is 10.1. The Morgan fingerprint density at radius 3 is 2.34 bits per heavy atom. The second-order valence-electron chi connectivity index (χ2n) is 6.86. The molecule has 0 aliphatic carbocycles. The van der Waals surface area contributed by atoms with Gasteiger partial charge in [-0.15, -0.1) is 0 Å². The molecule has 0 aliphatic rings. The SMILES string of the molecule is CCC(C)NC(=O)C(C)N(Cc1ccc(F)cc1)C(=O)COc1ccccc1F. The summed E-state index contributed by atoms with van der Waals surface area (Å²) < 4.78 is 32.3. The molecular formula is C22H26F2N2O3. The molecule has 0 fully saturated rings. The predicted octanol–water partition coefficient (Wildman–Crippen LogP) is 3.68. The van der Waals surface area contributed by atoms with Gasteiger partial charge in [0.25, 0.3) is 5.91 Å². The van der Waals surface area contributed by atoms with E-state index < -0.39 is 30.2 Å². The average molecular weight is 404 g/mol. The van der Waals surface area contributed by atoms with Crippen LogP contribution in [0.5, 0.6) is 5.75 Å². The lowest BCUT2D eigenvalue weighted by Gasteiger charge is -2.29. The molecule has 0 aliphatic heterocycles. The Hall–Kier alpha value is -2.96. The number of hydrogen-bond acceptors (Lipinski definition) is 3. The number of hydrogen-bond donors (Lipinski definition) is 1. The van der Waals surface area contributed by atoms with E-state index >= 15 is 0 Å². The van der Waals surface area contributed by atoms with Gasteiger partial charge in [0.1, 0.15) is 11.9 Å². The largest absolute Gasteiger partial charge is 0.481 e. The zero-order valence-electron chi connectivity index (χ0n) is 16.8. The lowest BCUT2D eigenvalue weighted by Crippen LogP contribution is -2.50. The van der Waals surface area contributed by atoms with E-state index in [0.717, 1.165) is 6.42 Å². The molecule has 5 nitrogen and oxygen atoms in total. The monoisotopic (exact) mass is 404 g/mol. The van der Waals surface area contributed by atoms with Crippen LogP contribution in [0.2, 0.25) is 0 Å². The van der Waals surface area contributed by atoms with Gasteiger partial charge >= 0.3 is 0 Å². The van der Waals surface area contributed by atoms with Gasteiger partial charge in [0.2, 0.25) is 5.91 Å². The van der Waals surface area contributed by atoms with E-state index in [4.69, 9.17) is 4.74 Å². The quantitative estimate of drug-likeness (QED) is 0.694. The van der Waals surface area contributed by atoms with Gasteiger partial charge in [0.15, 0.2) is 18.2 Å². The van der Waals surface area contributed by atoms with Crippen molar-refractivity contribution in [2.75, 3.05) is 6.61 Å². The molecule has 2 unspecified atom stereocenters. The van der Waals surface area contributed by atoms with E-state index in [-0.39, 0.29) is 24.2 Å². The highest BCUT2D eigenvalue weighted by Crippen LogP contribution is 2.16. The smallest absolute Gasteiger partial charge is 0.261 e. The number of amides is 2. The van der Waals surface area contributed by atoms with Gasteiger partial charge in [-0.25, -0.2) is 8.78 Å². The van der Waals surface area contributed by atoms with Gasteiger partial charge in [-0.3, -0.25) is 9.59 Å². The molecule has 156 valence electrons. The Labute approximate surface area is 169 Å². The second-order valence-corrected chi connectivity index (χ2v) is 6.86. The summed E-state index contributed by atoms with van der Waals surface area (Å²) in [5.41, 5.74) is 0.661. The van der Waals surface area contributed by atoms with Crippen LogP contribution in [0.4, 0.5) is 8.78 Å². The molecule has 2 rings (SSSR count). The van der Waals surface area contributed by atoms with Crippen molar-refractivity contribution in [2.24, 2.45) is 0 Å². The standard InChI is InChI=1S/C22H26F2N2O3/c1-4-15(2)25-22(28)16(3)26(13-17-9-11-18(23)12-10-17)21(27)14-29-20-8-6-5-7-19(20)24/h5-12,15-16H,4,13-14H2,1-3H3,(H,25,28). The van der Waals surface area contributed by atoms with E-state index in [2.05, 4.69) is 5.32 Å². The average Bonchev–Trinajstić information content (AvgIpc) is 2.71. The van der Waals surface area contributed by atoms with E-state index in [1.165, 1.54) is 35.2 Å². The summed E-state index contributed by atoms with van der Waals surface area (Å²) in [6.07, 6.45) is 0.751. The Kier molecular flexibility index (Phi) is 8.12. The molecule has 0 saturated heterocycles. The fourth-order valence-electron chi connectivity index (χ4n) is 2.62.